The van der Waals surface area contributed by atoms with Crippen LogP contribution in [-0.4, -0.2) is 10.3 Å². The van der Waals surface area contributed by atoms with Gasteiger partial charge in [0.1, 0.15) is 0 Å². The molecule has 1 heterocycles. The lowest BCUT2D eigenvalue weighted by atomic mass is 10.1. The lowest BCUT2D eigenvalue weighted by molar-refractivity contribution is -0.0706. The van der Waals surface area contributed by atoms with Crippen molar-refractivity contribution in [2.45, 2.75) is 13.1 Å². The van der Waals surface area contributed by atoms with Crippen molar-refractivity contribution in [3.05, 3.63) is 70.7 Å². The minimum Gasteiger partial charge on any atom is -0.286 e. The van der Waals surface area contributed by atoms with Crippen molar-refractivity contribution in [2.24, 2.45) is 4.99 Å². The van der Waals surface area contributed by atoms with Crippen molar-refractivity contribution < 1.29 is 5.21 Å². The SMILES string of the molecule is CC1=c2ccccc2=NC(c2ccccc2)N1O. The first-order valence-electron chi connectivity index (χ1n) is 5.94. The smallest absolute Gasteiger partial charge is 0.171 e. The monoisotopic (exact) mass is 238 g/mol. The average Bonchev–Trinajstić information content (AvgIpc) is 2.44. The van der Waals surface area contributed by atoms with E-state index in [1.807, 2.05) is 61.5 Å². The Bertz CT molecular complexity index is 679. The van der Waals surface area contributed by atoms with Crippen molar-refractivity contribution in [3.63, 3.8) is 0 Å². The summed E-state index contributed by atoms with van der Waals surface area (Å²) in [6, 6.07) is 17.7. The third-order valence-corrected chi connectivity index (χ3v) is 3.23. The van der Waals surface area contributed by atoms with Gasteiger partial charge in [-0.15, -0.1) is 0 Å². The molecular formula is C15H14N2O. The van der Waals surface area contributed by atoms with Gasteiger partial charge in [0, 0.05) is 5.22 Å². The molecule has 18 heavy (non-hydrogen) atoms. The molecule has 0 aliphatic carbocycles. The Balaban J connectivity index is 2.20. The zero-order chi connectivity index (χ0) is 12.5. The molecule has 3 rings (SSSR count). The largest absolute Gasteiger partial charge is 0.286 e. The van der Waals surface area contributed by atoms with Gasteiger partial charge in [0.05, 0.1) is 11.1 Å². The fourth-order valence-electron chi connectivity index (χ4n) is 2.23. The molecule has 0 fully saturated rings. The molecule has 3 nitrogen and oxygen atoms in total. The molecule has 1 N–H and O–H groups in total. The number of hydrogen-bond acceptors (Lipinski definition) is 3. The second kappa shape index (κ2) is 4.27. The van der Waals surface area contributed by atoms with Gasteiger partial charge in [-0.2, -0.15) is 0 Å². The van der Waals surface area contributed by atoms with Crippen LogP contribution in [0.25, 0.3) is 5.70 Å². The van der Waals surface area contributed by atoms with Gasteiger partial charge in [-0.25, -0.2) is 5.06 Å². The van der Waals surface area contributed by atoms with Crippen LogP contribution < -0.4 is 10.6 Å². The average molecular weight is 238 g/mol. The summed E-state index contributed by atoms with van der Waals surface area (Å²) in [4.78, 5) is 4.60. The van der Waals surface area contributed by atoms with E-state index in [-0.39, 0.29) is 6.17 Å². The van der Waals surface area contributed by atoms with E-state index in [4.69, 9.17) is 0 Å². The Labute approximate surface area is 105 Å². The Morgan fingerprint density at radius 2 is 1.67 bits per heavy atom. The highest BCUT2D eigenvalue weighted by atomic mass is 16.5. The molecule has 0 bridgehead atoms. The number of fused-ring (bicyclic) bond motifs is 1. The molecule has 3 heteroatoms. The predicted octanol–water partition coefficient (Wildman–Crippen LogP) is 1.84. The van der Waals surface area contributed by atoms with Crippen molar-refractivity contribution in [2.75, 3.05) is 0 Å². The molecule has 1 atom stereocenters. The first-order chi connectivity index (χ1) is 8.77. The summed E-state index contributed by atoms with van der Waals surface area (Å²) in [5.74, 6) is 0. The number of hydroxylamine groups is 2. The molecule has 0 spiro atoms. The van der Waals surface area contributed by atoms with Crippen LogP contribution in [0.1, 0.15) is 18.7 Å². The lowest BCUT2D eigenvalue weighted by Gasteiger charge is -2.28. The molecule has 0 saturated carbocycles. The molecule has 2 aromatic rings. The molecule has 0 amide bonds. The van der Waals surface area contributed by atoms with Gasteiger partial charge < -0.3 is 0 Å². The molecular weight excluding hydrogens is 224 g/mol. The highest BCUT2D eigenvalue weighted by Crippen LogP contribution is 2.24. The Morgan fingerprint density at radius 3 is 2.44 bits per heavy atom. The van der Waals surface area contributed by atoms with E-state index in [0.717, 1.165) is 21.8 Å². The van der Waals surface area contributed by atoms with Crippen LogP contribution in [0, 0.1) is 0 Å². The summed E-state index contributed by atoms with van der Waals surface area (Å²) in [6.07, 6.45) is -0.360. The third-order valence-electron chi connectivity index (χ3n) is 3.23. The predicted molar refractivity (Wildman–Crippen MR) is 69.1 cm³/mol. The molecule has 1 aliphatic heterocycles. The molecule has 1 unspecified atom stereocenters. The van der Waals surface area contributed by atoms with Crippen molar-refractivity contribution in [3.8, 4) is 0 Å². The fraction of sp³-hybridized carbons (Fsp3) is 0.133. The van der Waals surface area contributed by atoms with Crippen LogP contribution in [0.2, 0.25) is 0 Å². The van der Waals surface area contributed by atoms with Gasteiger partial charge in [0.15, 0.2) is 6.17 Å². The van der Waals surface area contributed by atoms with Crippen molar-refractivity contribution >= 4 is 5.70 Å². The first kappa shape index (κ1) is 11.0. The van der Waals surface area contributed by atoms with Crippen LogP contribution in [0.5, 0.6) is 0 Å². The van der Waals surface area contributed by atoms with E-state index >= 15 is 0 Å². The third kappa shape index (κ3) is 1.69. The van der Waals surface area contributed by atoms with Gasteiger partial charge in [0.25, 0.3) is 0 Å². The minimum absolute atomic E-state index is 0.360. The van der Waals surface area contributed by atoms with Gasteiger partial charge in [-0.3, -0.25) is 10.2 Å². The maximum atomic E-state index is 10.2. The van der Waals surface area contributed by atoms with Crippen LogP contribution in [0.4, 0.5) is 0 Å². The first-order valence-corrected chi connectivity index (χ1v) is 5.94. The van der Waals surface area contributed by atoms with Gasteiger partial charge in [0.2, 0.25) is 0 Å². The lowest BCUT2D eigenvalue weighted by Crippen LogP contribution is -2.39. The maximum Gasteiger partial charge on any atom is 0.171 e. The Morgan fingerprint density at radius 1 is 1.00 bits per heavy atom. The van der Waals surface area contributed by atoms with E-state index < -0.39 is 0 Å². The highest BCUT2D eigenvalue weighted by molar-refractivity contribution is 5.41. The van der Waals surface area contributed by atoms with Crippen LogP contribution >= 0.6 is 0 Å². The van der Waals surface area contributed by atoms with E-state index in [1.54, 1.807) is 0 Å². The standard InChI is InChI=1S/C15H14N2O/c1-11-13-9-5-6-10-14(13)16-15(17(11)18)12-7-3-2-4-8-12/h2-10,15,18H,1H3. The summed E-state index contributed by atoms with van der Waals surface area (Å²) in [6.45, 7) is 1.91. The Hall–Kier alpha value is -2.13. The summed E-state index contributed by atoms with van der Waals surface area (Å²) < 4.78 is 0. The summed E-state index contributed by atoms with van der Waals surface area (Å²) in [7, 11) is 0. The van der Waals surface area contributed by atoms with Crippen molar-refractivity contribution in [1.82, 2.24) is 5.06 Å². The number of rotatable bonds is 1. The fourth-order valence-corrected chi connectivity index (χ4v) is 2.23. The molecule has 0 radical (unpaired) electrons. The van der Waals surface area contributed by atoms with E-state index in [1.165, 1.54) is 5.06 Å². The Kier molecular flexibility index (Phi) is 2.61. The zero-order valence-electron chi connectivity index (χ0n) is 10.1. The van der Waals surface area contributed by atoms with Crippen molar-refractivity contribution in [1.29, 1.82) is 0 Å². The van der Waals surface area contributed by atoms with Crippen LogP contribution in [0.3, 0.4) is 0 Å². The molecule has 1 aliphatic rings. The highest BCUT2D eigenvalue weighted by Gasteiger charge is 2.21. The van der Waals surface area contributed by atoms with E-state index in [9.17, 15) is 5.21 Å². The van der Waals surface area contributed by atoms with Gasteiger partial charge in [-0.1, -0.05) is 48.5 Å². The second-order valence-corrected chi connectivity index (χ2v) is 4.36. The molecule has 0 saturated heterocycles. The van der Waals surface area contributed by atoms with E-state index in [2.05, 4.69) is 4.99 Å². The summed E-state index contributed by atoms with van der Waals surface area (Å²) in [5, 5.41) is 13.4. The number of hydrogen-bond donors (Lipinski definition) is 1. The molecule has 90 valence electrons. The van der Waals surface area contributed by atoms with Crippen LogP contribution in [-0.2, 0) is 0 Å². The molecule has 2 aromatic carbocycles. The topological polar surface area (TPSA) is 35.8 Å². The quantitative estimate of drug-likeness (QED) is 0.823. The van der Waals surface area contributed by atoms with E-state index in [0.29, 0.717) is 0 Å². The zero-order valence-corrected chi connectivity index (χ0v) is 10.1. The van der Waals surface area contributed by atoms with Gasteiger partial charge in [-0.05, 0) is 18.6 Å². The minimum atomic E-state index is -0.360. The summed E-state index contributed by atoms with van der Waals surface area (Å²) in [5.41, 5.74) is 1.81. The normalized spacial score (nSPS) is 18.2. The second-order valence-electron chi connectivity index (χ2n) is 4.36. The number of nitrogens with zero attached hydrogens (tertiary/aromatic N) is 2. The van der Waals surface area contributed by atoms with Gasteiger partial charge >= 0.3 is 0 Å². The maximum absolute atomic E-state index is 10.2. The van der Waals surface area contributed by atoms with Crippen LogP contribution in [0.15, 0.2) is 59.6 Å². The summed E-state index contributed by atoms with van der Waals surface area (Å²) >= 11 is 0. The molecule has 0 aromatic heterocycles. The number of para-hydroxylation sites is 1. The number of benzene rings is 2.